The van der Waals surface area contributed by atoms with E-state index in [1.807, 2.05) is 0 Å². The van der Waals surface area contributed by atoms with Crippen LogP contribution >= 0.6 is 12.2 Å². The molecule has 0 aliphatic carbocycles. The van der Waals surface area contributed by atoms with Crippen LogP contribution in [0, 0.1) is 4.77 Å². The largest absolute Gasteiger partial charge is 0.504 e. The van der Waals surface area contributed by atoms with Crippen LogP contribution in [0.3, 0.4) is 0 Å². The van der Waals surface area contributed by atoms with E-state index in [2.05, 4.69) is 10.5 Å². The summed E-state index contributed by atoms with van der Waals surface area (Å²) in [4.78, 5) is 12.5. The van der Waals surface area contributed by atoms with Crippen molar-refractivity contribution in [3.05, 3.63) is 44.5 Å². The molecule has 1 aliphatic heterocycles. The molecular formula is C16H18N4O4S. The topological polar surface area (TPSA) is 101 Å². The Bertz CT molecular complexity index is 993. The number of rotatable bonds is 3. The van der Waals surface area contributed by atoms with Gasteiger partial charge in [0.1, 0.15) is 5.56 Å². The molecule has 0 radical (unpaired) electrons. The van der Waals surface area contributed by atoms with E-state index in [4.69, 9.17) is 17.0 Å². The molecule has 0 spiro atoms. The van der Waals surface area contributed by atoms with E-state index in [-0.39, 0.29) is 28.0 Å². The zero-order chi connectivity index (χ0) is 18.3. The SMILES string of the molecule is COc1ccc(C2CC(c3c(O)n(C)c(=S)n(C)c3=O)=NN2)cc1O. The van der Waals surface area contributed by atoms with Crippen LogP contribution in [-0.2, 0) is 14.1 Å². The molecule has 3 N–H and O–H groups in total. The van der Waals surface area contributed by atoms with Gasteiger partial charge in [0, 0.05) is 20.5 Å². The molecule has 1 atom stereocenters. The van der Waals surface area contributed by atoms with E-state index >= 15 is 0 Å². The Morgan fingerprint density at radius 3 is 2.68 bits per heavy atom. The van der Waals surface area contributed by atoms with E-state index < -0.39 is 5.56 Å². The highest BCUT2D eigenvalue weighted by Crippen LogP contribution is 2.32. The Morgan fingerprint density at radius 2 is 2.04 bits per heavy atom. The monoisotopic (exact) mass is 362 g/mol. The first-order valence-electron chi connectivity index (χ1n) is 7.53. The number of aromatic hydroxyl groups is 2. The second kappa shape index (κ2) is 6.25. The molecular weight excluding hydrogens is 344 g/mol. The molecule has 0 fully saturated rings. The fraction of sp³-hybridized carbons (Fsp3) is 0.312. The number of aromatic nitrogens is 2. The Morgan fingerprint density at radius 1 is 1.32 bits per heavy atom. The third-order valence-corrected chi connectivity index (χ3v) is 4.83. The lowest BCUT2D eigenvalue weighted by molar-refractivity contribution is 0.372. The van der Waals surface area contributed by atoms with Gasteiger partial charge in [0.2, 0.25) is 5.88 Å². The second-order valence-electron chi connectivity index (χ2n) is 5.78. The Hall–Kier alpha value is -2.81. The second-order valence-corrected chi connectivity index (χ2v) is 6.15. The van der Waals surface area contributed by atoms with Crippen molar-refractivity contribution in [3.8, 4) is 17.4 Å². The maximum Gasteiger partial charge on any atom is 0.267 e. The van der Waals surface area contributed by atoms with Crippen molar-refractivity contribution in [2.24, 2.45) is 19.2 Å². The van der Waals surface area contributed by atoms with E-state index in [0.29, 0.717) is 17.9 Å². The fourth-order valence-corrected chi connectivity index (χ4v) is 2.97. The van der Waals surface area contributed by atoms with Crippen LogP contribution in [0.5, 0.6) is 17.4 Å². The maximum atomic E-state index is 12.5. The smallest absolute Gasteiger partial charge is 0.267 e. The fourth-order valence-electron chi connectivity index (χ4n) is 2.80. The molecule has 2 heterocycles. The number of nitrogens with one attached hydrogen (secondary N) is 1. The first kappa shape index (κ1) is 17.0. The Kier molecular flexibility index (Phi) is 4.25. The third-order valence-electron chi connectivity index (χ3n) is 4.28. The van der Waals surface area contributed by atoms with Gasteiger partial charge >= 0.3 is 0 Å². The molecule has 9 heteroatoms. The van der Waals surface area contributed by atoms with Crippen LogP contribution < -0.4 is 15.7 Å². The number of phenols is 1. The summed E-state index contributed by atoms with van der Waals surface area (Å²) in [7, 11) is 4.61. The van der Waals surface area contributed by atoms with Crippen molar-refractivity contribution in [2.75, 3.05) is 7.11 Å². The highest BCUT2D eigenvalue weighted by Gasteiger charge is 2.27. The van der Waals surface area contributed by atoms with Gasteiger partial charge in [0.05, 0.1) is 18.9 Å². The first-order chi connectivity index (χ1) is 11.8. The van der Waals surface area contributed by atoms with Gasteiger partial charge < -0.3 is 20.4 Å². The minimum Gasteiger partial charge on any atom is -0.504 e. The quantitative estimate of drug-likeness (QED) is 0.712. The number of methoxy groups -OCH3 is 1. The van der Waals surface area contributed by atoms with Crippen molar-refractivity contribution >= 4 is 17.9 Å². The molecule has 25 heavy (non-hydrogen) atoms. The molecule has 0 saturated carbocycles. The number of hydrogen-bond donors (Lipinski definition) is 3. The Balaban J connectivity index is 1.95. The first-order valence-corrected chi connectivity index (χ1v) is 7.94. The van der Waals surface area contributed by atoms with Crippen LogP contribution in [-0.4, -0.2) is 32.2 Å². The normalized spacial score (nSPS) is 16.4. The zero-order valence-electron chi connectivity index (χ0n) is 14.0. The highest BCUT2D eigenvalue weighted by atomic mass is 32.1. The molecule has 0 bridgehead atoms. The predicted molar refractivity (Wildman–Crippen MR) is 94.8 cm³/mol. The lowest BCUT2D eigenvalue weighted by atomic mass is 9.99. The molecule has 1 aromatic heterocycles. The minimum atomic E-state index is -0.403. The number of hydrogen-bond acceptors (Lipinski definition) is 7. The van der Waals surface area contributed by atoms with E-state index in [1.54, 1.807) is 32.3 Å². The molecule has 3 rings (SSSR count). The number of hydrazone groups is 1. The van der Waals surface area contributed by atoms with E-state index in [1.165, 1.54) is 16.2 Å². The molecule has 0 amide bonds. The van der Waals surface area contributed by atoms with Gasteiger partial charge in [-0.25, -0.2) is 0 Å². The van der Waals surface area contributed by atoms with Crippen LogP contribution in [0.1, 0.15) is 23.6 Å². The summed E-state index contributed by atoms with van der Waals surface area (Å²) in [5.41, 5.74) is 3.87. The lowest BCUT2D eigenvalue weighted by Crippen LogP contribution is -2.28. The standard InChI is InChI=1S/C16H18N4O4S/c1-19-14(22)13(15(23)20(2)16(19)25)10-7-9(17-18-10)8-4-5-12(24-3)11(21)6-8/h4-6,9,17,21-22H,7H2,1-3H3. The van der Waals surface area contributed by atoms with Crippen LogP contribution in [0.2, 0.25) is 0 Å². The van der Waals surface area contributed by atoms with Crippen LogP contribution in [0.15, 0.2) is 28.1 Å². The predicted octanol–water partition coefficient (Wildman–Crippen LogP) is 1.31. The van der Waals surface area contributed by atoms with Crippen molar-refractivity contribution < 1.29 is 14.9 Å². The van der Waals surface area contributed by atoms with Crippen molar-refractivity contribution in [1.29, 1.82) is 0 Å². The van der Waals surface area contributed by atoms with E-state index in [0.717, 1.165) is 5.56 Å². The highest BCUT2D eigenvalue weighted by molar-refractivity contribution is 7.71. The molecule has 1 aliphatic rings. The summed E-state index contributed by atoms with van der Waals surface area (Å²) in [5, 5.41) is 24.5. The molecule has 0 saturated heterocycles. The minimum absolute atomic E-state index is 0.0240. The summed E-state index contributed by atoms with van der Waals surface area (Å²) >= 11 is 5.11. The lowest BCUT2D eigenvalue weighted by Gasteiger charge is -2.13. The van der Waals surface area contributed by atoms with Crippen molar-refractivity contribution in [3.63, 3.8) is 0 Å². The molecule has 132 valence electrons. The van der Waals surface area contributed by atoms with Gasteiger partial charge in [-0.1, -0.05) is 6.07 Å². The molecule has 1 aromatic carbocycles. The maximum absolute atomic E-state index is 12.5. The van der Waals surface area contributed by atoms with E-state index in [9.17, 15) is 15.0 Å². The Labute approximate surface area is 148 Å². The van der Waals surface area contributed by atoms with Gasteiger partial charge in [-0.2, -0.15) is 5.10 Å². The molecule has 8 nitrogen and oxygen atoms in total. The van der Waals surface area contributed by atoms with Gasteiger partial charge in [0.25, 0.3) is 5.56 Å². The molecule has 1 unspecified atom stereocenters. The van der Waals surface area contributed by atoms with Gasteiger partial charge in [-0.3, -0.25) is 13.9 Å². The number of benzene rings is 1. The van der Waals surface area contributed by atoms with Crippen molar-refractivity contribution in [1.82, 2.24) is 14.6 Å². The summed E-state index contributed by atoms with van der Waals surface area (Å²) in [5.74, 6) is 0.185. The summed E-state index contributed by atoms with van der Waals surface area (Å²) in [6.45, 7) is 0. The summed E-state index contributed by atoms with van der Waals surface area (Å²) in [6, 6.07) is 4.81. The number of ether oxygens (including phenoxy) is 1. The number of phenolic OH excluding ortho intramolecular Hbond substituents is 1. The van der Waals surface area contributed by atoms with Gasteiger partial charge in [-0.05, 0) is 29.9 Å². The summed E-state index contributed by atoms with van der Waals surface area (Å²) in [6.07, 6.45) is 0.380. The van der Waals surface area contributed by atoms with Crippen LogP contribution in [0.4, 0.5) is 0 Å². The van der Waals surface area contributed by atoms with Gasteiger partial charge in [0.15, 0.2) is 16.3 Å². The number of nitrogens with zero attached hydrogens (tertiary/aromatic N) is 3. The average Bonchev–Trinajstić information content (AvgIpc) is 3.08. The third kappa shape index (κ3) is 2.76. The zero-order valence-corrected chi connectivity index (χ0v) is 14.8. The summed E-state index contributed by atoms with van der Waals surface area (Å²) < 4.78 is 7.90. The molecule has 2 aromatic rings. The van der Waals surface area contributed by atoms with Crippen molar-refractivity contribution in [2.45, 2.75) is 12.5 Å². The average molecular weight is 362 g/mol. The van der Waals surface area contributed by atoms with Crippen LogP contribution in [0.25, 0.3) is 0 Å². The van der Waals surface area contributed by atoms with Gasteiger partial charge in [-0.15, -0.1) is 0 Å².